The van der Waals surface area contributed by atoms with Crippen LogP contribution in [0.3, 0.4) is 0 Å². The summed E-state index contributed by atoms with van der Waals surface area (Å²) in [7, 11) is -4.09. The molecule has 1 saturated carbocycles. The highest BCUT2D eigenvalue weighted by atomic mass is 35.5. The summed E-state index contributed by atoms with van der Waals surface area (Å²) in [5.41, 5.74) is -0.339. The average Bonchev–Trinajstić information content (AvgIpc) is 3.43. The van der Waals surface area contributed by atoms with Crippen molar-refractivity contribution < 1.29 is 18.6 Å². The summed E-state index contributed by atoms with van der Waals surface area (Å²) in [6.45, 7) is 0. The van der Waals surface area contributed by atoms with Crippen molar-refractivity contribution in [2.24, 2.45) is 0 Å². The number of hydrogen-bond donors (Lipinski definition) is 3. The minimum absolute atomic E-state index is 0.0470. The van der Waals surface area contributed by atoms with E-state index in [1.54, 1.807) is 0 Å². The number of aromatic nitrogens is 3. The van der Waals surface area contributed by atoms with E-state index in [4.69, 9.17) is 23.2 Å². The Morgan fingerprint density at radius 3 is 2.48 bits per heavy atom. The normalized spacial score (nSPS) is 14.1. The molecule has 0 spiro atoms. The van der Waals surface area contributed by atoms with E-state index in [2.05, 4.69) is 9.71 Å². The number of pyridine rings is 1. The van der Waals surface area contributed by atoms with Crippen LogP contribution in [0, 0.1) is 0 Å². The molecule has 0 aliphatic heterocycles. The van der Waals surface area contributed by atoms with Crippen LogP contribution in [0.15, 0.2) is 46.1 Å². The molecule has 152 valence electrons. The molecule has 0 amide bonds. The summed E-state index contributed by atoms with van der Waals surface area (Å²) in [6, 6.07) is 8.13. The number of sulfonamides is 1. The van der Waals surface area contributed by atoms with Gasteiger partial charge in [0.2, 0.25) is 0 Å². The van der Waals surface area contributed by atoms with Crippen molar-refractivity contribution in [1.29, 1.82) is 0 Å². The number of nitrogens with one attached hydrogen (secondary N) is 1. The third-order valence-corrected chi connectivity index (χ3v) is 6.40. The third-order valence-electron chi connectivity index (χ3n) is 4.38. The lowest BCUT2D eigenvalue weighted by atomic mass is 10.3. The monoisotopic (exact) mass is 456 g/mol. The Balaban J connectivity index is 1.72. The second-order valence-electron chi connectivity index (χ2n) is 6.45. The standard InChI is InChI=1S/C17H14Cl2N4O5S/c18-13-7-6-12(14(19)20-13)29(27,28)21-9-2-1-3-11(8-9)23-16(25)15(24)22(17(23)26)10-4-5-10/h1-3,6-8,10,21,24-25H,4-5H2. The quantitative estimate of drug-likeness (QED) is 0.506. The molecule has 1 aromatic carbocycles. The van der Waals surface area contributed by atoms with Gasteiger partial charge >= 0.3 is 5.69 Å². The second-order valence-corrected chi connectivity index (χ2v) is 8.84. The minimum Gasteiger partial charge on any atom is -0.491 e. The first-order valence-corrected chi connectivity index (χ1v) is 10.6. The van der Waals surface area contributed by atoms with Gasteiger partial charge in [-0.2, -0.15) is 0 Å². The average molecular weight is 457 g/mol. The van der Waals surface area contributed by atoms with Crippen molar-refractivity contribution in [2.45, 2.75) is 23.8 Å². The Kier molecular flexibility index (Phi) is 4.72. The number of nitrogens with zero attached hydrogens (tertiary/aromatic N) is 3. The fourth-order valence-electron chi connectivity index (χ4n) is 2.91. The summed E-state index contributed by atoms with van der Waals surface area (Å²) in [5.74, 6) is -1.14. The van der Waals surface area contributed by atoms with Crippen LogP contribution in [0.1, 0.15) is 18.9 Å². The van der Waals surface area contributed by atoms with E-state index >= 15 is 0 Å². The van der Waals surface area contributed by atoms with Gasteiger partial charge in [0, 0.05) is 6.04 Å². The Morgan fingerprint density at radius 2 is 1.83 bits per heavy atom. The lowest BCUT2D eigenvalue weighted by Gasteiger charge is -2.11. The van der Waals surface area contributed by atoms with Gasteiger partial charge in [0.25, 0.3) is 21.8 Å². The maximum Gasteiger partial charge on any atom is 0.338 e. The zero-order valence-corrected chi connectivity index (χ0v) is 16.9. The molecule has 3 aromatic rings. The molecule has 0 unspecified atom stereocenters. The highest BCUT2D eigenvalue weighted by Gasteiger charge is 2.32. The molecule has 29 heavy (non-hydrogen) atoms. The first-order valence-electron chi connectivity index (χ1n) is 8.39. The lowest BCUT2D eigenvalue weighted by Crippen LogP contribution is -2.22. The maximum atomic E-state index is 12.6. The van der Waals surface area contributed by atoms with E-state index < -0.39 is 27.5 Å². The van der Waals surface area contributed by atoms with Crippen LogP contribution in [0.25, 0.3) is 5.69 Å². The van der Waals surface area contributed by atoms with Crippen LogP contribution < -0.4 is 10.4 Å². The summed E-state index contributed by atoms with van der Waals surface area (Å²) in [4.78, 5) is 16.1. The van der Waals surface area contributed by atoms with Gasteiger partial charge in [-0.05, 0) is 43.2 Å². The molecule has 3 N–H and O–H groups in total. The Labute approximate surface area is 174 Å². The van der Waals surface area contributed by atoms with E-state index in [-0.39, 0.29) is 32.6 Å². The zero-order valence-electron chi connectivity index (χ0n) is 14.6. The number of rotatable bonds is 5. The summed E-state index contributed by atoms with van der Waals surface area (Å²) < 4.78 is 29.6. The molecule has 0 radical (unpaired) electrons. The van der Waals surface area contributed by atoms with Crippen molar-refractivity contribution in [3.05, 3.63) is 57.2 Å². The van der Waals surface area contributed by atoms with Gasteiger partial charge in [-0.15, -0.1) is 0 Å². The summed E-state index contributed by atoms with van der Waals surface area (Å²) >= 11 is 11.6. The highest BCUT2D eigenvalue weighted by Crippen LogP contribution is 2.40. The second kappa shape index (κ2) is 6.97. The lowest BCUT2D eigenvalue weighted by molar-refractivity contribution is 0.363. The van der Waals surface area contributed by atoms with Gasteiger partial charge in [-0.1, -0.05) is 29.3 Å². The first kappa shape index (κ1) is 19.6. The van der Waals surface area contributed by atoms with Crippen LogP contribution in [0.5, 0.6) is 11.8 Å². The predicted octanol–water partition coefficient (Wildman–Crippen LogP) is 2.89. The molecule has 0 atom stereocenters. The van der Waals surface area contributed by atoms with E-state index in [9.17, 15) is 23.4 Å². The van der Waals surface area contributed by atoms with Crippen molar-refractivity contribution in [3.63, 3.8) is 0 Å². The summed E-state index contributed by atoms with van der Waals surface area (Å²) in [5, 5.41) is 20.0. The smallest absolute Gasteiger partial charge is 0.338 e. The molecule has 1 aliphatic rings. The number of anilines is 1. The molecule has 1 aliphatic carbocycles. The van der Waals surface area contributed by atoms with Gasteiger partial charge in [-0.3, -0.25) is 9.29 Å². The fraction of sp³-hybridized carbons (Fsp3) is 0.176. The Hall–Kier alpha value is -2.69. The van der Waals surface area contributed by atoms with Gasteiger partial charge < -0.3 is 10.2 Å². The number of benzene rings is 1. The van der Waals surface area contributed by atoms with E-state index in [1.807, 2.05) is 0 Å². The maximum absolute atomic E-state index is 12.6. The number of aromatic hydroxyl groups is 2. The van der Waals surface area contributed by atoms with Crippen molar-refractivity contribution in [2.75, 3.05) is 4.72 Å². The van der Waals surface area contributed by atoms with Crippen molar-refractivity contribution in [1.82, 2.24) is 14.1 Å². The van der Waals surface area contributed by atoms with Gasteiger partial charge in [0.05, 0.1) is 11.4 Å². The molecule has 0 bridgehead atoms. The van der Waals surface area contributed by atoms with Crippen LogP contribution in [0.2, 0.25) is 10.3 Å². The highest BCUT2D eigenvalue weighted by molar-refractivity contribution is 7.92. The topological polar surface area (TPSA) is 126 Å². The zero-order chi connectivity index (χ0) is 20.9. The van der Waals surface area contributed by atoms with Crippen molar-refractivity contribution >= 4 is 38.9 Å². The van der Waals surface area contributed by atoms with E-state index in [0.717, 1.165) is 22.0 Å². The van der Waals surface area contributed by atoms with Crippen LogP contribution in [-0.2, 0) is 10.0 Å². The molecule has 0 saturated heterocycles. The predicted molar refractivity (Wildman–Crippen MR) is 107 cm³/mol. The van der Waals surface area contributed by atoms with Crippen LogP contribution >= 0.6 is 23.2 Å². The van der Waals surface area contributed by atoms with Gasteiger partial charge in [-0.25, -0.2) is 22.8 Å². The van der Waals surface area contributed by atoms with Crippen LogP contribution in [-0.4, -0.2) is 32.7 Å². The molecule has 2 heterocycles. The Bertz CT molecular complexity index is 1280. The van der Waals surface area contributed by atoms with Gasteiger partial charge in [0.15, 0.2) is 5.15 Å². The molecule has 4 rings (SSSR count). The molecule has 9 nitrogen and oxygen atoms in total. The fourth-order valence-corrected chi connectivity index (χ4v) is 4.62. The third kappa shape index (κ3) is 3.54. The minimum atomic E-state index is -4.09. The number of imidazole rings is 1. The largest absolute Gasteiger partial charge is 0.491 e. The summed E-state index contributed by atoms with van der Waals surface area (Å²) in [6.07, 6.45) is 1.46. The van der Waals surface area contributed by atoms with E-state index in [1.165, 1.54) is 36.4 Å². The molecule has 2 aromatic heterocycles. The molecule has 12 heteroatoms. The van der Waals surface area contributed by atoms with Crippen LogP contribution in [0.4, 0.5) is 5.69 Å². The number of hydrogen-bond acceptors (Lipinski definition) is 6. The Morgan fingerprint density at radius 1 is 1.10 bits per heavy atom. The molecular formula is C17H14Cl2N4O5S. The first-order chi connectivity index (χ1) is 13.7. The molecular weight excluding hydrogens is 443 g/mol. The number of halogens is 2. The SMILES string of the molecule is O=c1n(-c2cccc(NS(=O)(=O)c3ccc(Cl)nc3Cl)c2)c(O)c(O)n1C1CC1. The van der Waals surface area contributed by atoms with Gasteiger partial charge in [0.1, 0.15) is 10.0 Å². The van der Waals surface area contributed by atoms with Crippen molar-refractivity contribution in [3.8, 4) is 17.4 Å². The molecule has 1 fully saturated rings. The van der Waals surface area contributed by atoms with E-state index in [0.29, 0.717) is 0 Å².